The SMILES string of the molecule is O=C1CCC(C(=O)NCCN2Cc3cc(Cl)ccc3OCC2=O)=NN1. The third-order valence-electron chi connectivity index (χ3n) is 3.92. The Morgan fingerprint density at radius 3 is 2.96 bits per heavy atom. The Balaban J connectivity index is 1.56. The van der Waals surface area contributed by atoms with E-state index >= 15 is 0 Å². The molecule has 0 bridgehead atoms. The molecular weight excluding hydrogens is 348 g/mol. The average Bonchev–Trinajstić information content (AvgIpc) is 2.74. The van der Waals surface area contributed by atoms with Crippen LogP contribution in [-0.2, 0) is 20.9 Å². The highest BCUT2D eigenvalue weighted by Gasteiger charge is 2.22. The Hall–Kier alpha value is -2.61. The zero-order valence-electron chi connectivity index (χ0n) is 13.4. The molecule has 9 heteroatoms. The van der Waals surface area contributed by atoms with Crippen molar-refractivity contribution in [2.24, 2.45) is 5.10 Å². The van der Waals surface area contributed by atoms with Gasteiger partial charge in [-0.1, -0.05) is 11.6 Å². The number of nitrogens with zero attached hydrogens (tertiary/aromatic N) is 2. The number of halogens is 1. The molecule has 0 unspecified atom stereocenters. The molecule has 2 N–H and O–H groups in total. The van der Waals surface area contributed by atoms with Gasteiger partial charge in [-0.2, -0.15) is 5.10 Å². The number of hydrogen-bond acceptors (Lipinski definition) is 5. The van der Waals surface area contributed by atoms with Crippen LogP contribution in [0.3, 0.4) is 0 Å². The summed E-state index contributed by atoms with van der Waals surface area (Å²) in [5.41, 5.74) is 3.38. The maximum atomic E-state index is 12.2. The molecular formula is C16H17ClN4O4. The van der Waals surface area contributed by atoms with Gasteiger partial charge < -0.3 is 15.0 Å². The lowest BCUT2D eigenvalue weighted by molar-refractivity contribution is -0.133. The molecule has 0 atom stereocenters. The van der Waals surface area contributed by atoms with E-state index in [1.54, 1.807) is 23.1 Å². The smallest absolute Gasteiger partial charge is 0.267 e. The first-order valence-electron chi connectivity index (χ1n) is 7.85. The fourth-order valence-corrected chi connectivity index (χ4v) is 2.78. The molecule has 2 aliphatic rings. The van der Waals surface area contributed by atoms with E-state index in [1.165, 1.54) is 0 Å². The fraction of sp³-hybridized carbons (Fsp3) is 0.375. The summed E-state index contributed by atoms with van der Waals surface area (Å²) in [7, 11) is 0. The maximum absolute atomic E-state index is 12.2. The normalized spacial score (nSPS) is 17.0. The minimum atomic E-state index is -0.345. The number of benzene rings is 1. The molecule has 0 fully saturated rings. The Kier molecular flexibility index (Phi) is 5.18. The molecule has 0 spiro atoms. The zero-order chi connectivity index (χ0) is 17.8. The number of nitrogens with one attached hydrogen (secondary N) is 2. The Morgan fingerprint density at radius 1 is 1.36 bits per heavy atom. The second-order valence-corrected chi connectivity index (χ2v) is 6.14. The third-order valence-corrected chi connectivity index (χ3v) is 4.16. The molecule has 1 aromatic carbocycles. The van der Waals surface area contributed by atoms with Crippen molar-refractivity contribution in [1.82, 2.24) is 15.6 Å². The van der Waals surface area contributed by atoms with Gasteiger partial charge in [0, 0.05) is 43.1 Å². The van der Waals surface area contributed by atoms with E-state index in [1.807, 2.05) is 0 Å². The number of rotatable bonds is 4. The van der Waals surface area contributed by atoms with Gasteiger partial charge in [0.25, 0.3) is 11.8 Å². The molecule has 0 saturated carbocycles. The molecule has 25 heavy (non-hydrogen) atoms. The Bertz CT molecular complexity index is 750. The number of amides is 3. The topological polar surface area (TPSA) is 100 Å². The van der Waals surface area contributed by atoms with E-state index in [-0.39, 0.29) is 43.0 Å². The van der Waals surface area contributed by atoms with Crippen LogP contribution in [-0.4, -0.2) is 48.0 Å². The minimum Gasteiger partial charge on any atom is -0.483 e. The lowest BCUT2D eigenvalue weighted by atomic mass is 10.1. The number of ether oxygens (including phenoxy) is 1. The fourth-order valence-electron chi connectivity index (χ4n) is 2.59. The highest BCUT2D eigenvalue weighted by molar-refractivity contribution is 6.39. The molecule has 3 amide bonds. The van der Waals surface area contributed by atoms with Gasteiger partial charge in [0.05, 0.1) is 0 Å². The molecule has 8 nitrogen and oxygen atoms in total. The molecule has 0 radical (unpaired) electrons. The monoisotopic (exact) mass is 364 g/mol. The van der Waals surface area contributed by atoms with Crippen molar-refractivity contribution in [2.45, 2.75) is 19.4 Å². The number of carbonyl (C=O) groups excluding carboxylic acids is 3. The van der Waals surface area contributed by atoms with Crippen LogP contribution in [0.25, 0.3) is 0 Å². The second-order valence-electron chi connectivity index (χ2n) is 5.71. The third kappa shape index (κ3) is 4.27. The standard InChI is InChI=1S/C16H17ClN4O4/c17-11-1-3-13-10(7-11)8-21(15(23)9-25-13)6-5-18-16(24)12-2-4-14(22)20-19-12/h1,3,7H,2,4-6,8-9H2,(H,18,24)(H,20,22). The molecule has 2 heterocycles. The first kappa shape index (κ1) is 17.2. The van der Waals surface area contributed by atoms with Crippen LogP contribution < -0.4 is 15.5 Å². The molecule has 0 saturated heterocycles. The van der Waals surface area contributed by atoms with Crippen LogP contribution in [0.5, 0.6) is 5.75 Å². The highest BCUT2D eigenvalue weighted by atomic mass is 35.5. The van der Waals surface area contributed by atoms with Gasteiger partial charge in [0.15, 0.2) is 6.61 Å². The maximum Gasteiger partial charge on any atom is 0.267 e. The zero-order valence-corrected chi connectivity index (χ0v) is 14.1. The quantitative estimate of drug-likeness (QED) is 0.809. The van der Waals surface area contributed by atoms with Gasteiger partial charge in [-0.3, -0.25) is 14.4 Å². The van der Waals surface area contributed by atoms with Crippen molar-refractivity contribution in [3.05, 3.63) is 28.8 Å². The summed E-state index contributed by atoms with van der Waals surface area (Å²) >= 11 is 6.00. The highest BCUT2D eigenvalue weighted by Crippen LogP contribution is 2.26. The first-order valence-corrected chi connectivity index (χ1v) is 8.23. The number of hydrazone groups is 1. The van der Waals surface area contributed by atoms with Gasteiger partial charge in [-0.15, -0.1) is 0 Å². The van der Waals surface area contributed by atoms with Crippen LogP contribution in [0.4, 0.5) is 0 Å². The van der Waals surface area contributed by atoms with E-state index in [0.717, 1.165) is 5.56 Å². The predicted molar refractivity (Wildman–Crippen MR) is 90.2 cm³/mol. The van der Waals surface area contributed by atoms with E-state index in [2.05, 4.69) is 15.8 Å². The van der Waals surface area contributed by atoms with Crippen LogP contribution in [0.2, 0.25) is 5.02 Å². The van der Waals surface area contributed by atoms with Gasteiger partial charge in [-0.25, -0.2) is 5.43 Å². The first-order chi connectivity index (χ1) is 12.0. The Morgan fingerprint density at radius 2 is 2.20 bits per heavy atom. The number of hydrogen-bond donors (Lipinski definition) is 2. The van der Waals surface area contributed by atoms with Crippen molar-refractivity contribution in [3.63, 3.8) is 0 Å². The molecule has 0 aliphatic carbocycles. The summed E-state index contributed by atoms with van der Waals surface area (Å²) < 4.78 is 5.48. The van der Waals surface area contributed by atoms with Crippen molar-refractivity contribution in [3.8, 4) is 5.75 Å². The lowest BCUT2D eigenvalue weighted by Crippen LogP contribution is -2.42. The molecule has 3 rings (SSSR count). The van der Waals surface area contributed by atoms with Crippen LogP contribution >= 0.6 is 11.6 Å². The average molecular weight is 365 g/mol. The molecule has 1 aromatic rings. The summed E-state index contributed by atoms with van der Waals surface area (Å²) in [6.07, 6.45) is 0.547. The molecule has 0 aromatic heterocycles. The molecule has 132 valence electrons. The summed E-state index contributed by atoms with van der Waals surface area (Å²) in [4.78, 5) is 36.8. The van der Waals surface area contributed by atoms with Crippen LogP contribution in [0, 0.1) is 0 Å². The van der Waals surface area contributed by atoms with Crippen LogP contribution in [0.1, 0.15) is 18.4 Å². The van der Waals surface area contributed by atoms with Gasteiger partial charge >= 0.3 is 0 Å². The van der Waals surface area contributed by atoms with Crippen molar-refractivity contribution >= 4 is 35.0 Å². The van der Waals surface area contributed by atoms with Crippen molar-refractivity contribution in [2.75, 3.05) is 19.7 Å². The van der Waals surface area contributed by atoms with Crippen LogP contribution in [0.15, 0.2) is 23.3 Å². The van der Waals surface area contributed by atoms with Gasteiger partial charge in [0.1, 0.15) is 11.5 Å². The predicted octanol–water partition coefficient (Wildman–Crippen LogP) is 0.443. The van der Waals surface area contributed by atoms with E-state index in [0.29, 0.717) is 30.3 Å². The van der Waals surface area contributed by atoms with Gasteiger partial charge in [-0.05, 0) is 18.2 Å². The molecule has 2 aliphatic heterocycles. The summed E-state index contributed by atoms with van der Waals surface area (Å²) in [5.74, 6) is -0.0774. The van der Waals surface area contributed by atoms with E-state index in [9.17, 15) is 14.4 Å². The Labute approximate surface area is 149 Å². The summed E-state index contributed by atoms with van der Waals surface area (Å²) in [6, 6.07) is 5.22. The largest absolute Gasteiger partial charge is 0.483 e. The van der Waals surface area contributed by atoms with Crippen molar-refractivity contribution < 1.29 is 19.1 Å². The minimum absolute atomic E-state index is 0.0542. The number of carbonyl (C=O) groups is 3. The van der Waals surface area contributed by atoms with Gasteiger partial charge in [0.2, 0.25) is 5.91 Å². The van der Waals surface area contributed by atoms with E-state index < -0.39 is 0 Å². The number of fused-ring (bicyclic) bond motifs is 1. The van der Waals surface area contributed by atoms with E-state index in [4.69, 9.17) is 16.3 Å². The van der Waals surface area contributed by atoms with Crippen molar-refractivity contribution in [1.29, 1.82) is 0 Å². The summed E-state index contributed by atoms with van der Waals surface area (Å²) in [6.45, 7) is 0.913. The summed E-state index contributed by atoms with van der Waals surface area (Å²) in [5, 5.41) is 7.02. The second kappa shape index (κ2) is 7.52. The lowest BCUT2D eigenvalue weighted by Gasteiger charge is -2.20.